The molecule has 1 aromatic carbocycles. The number of hydrogen-bond acceptors (Lipinski definition) is 9. The summed E-state index contributed by atoms with van der Waals surface area (Å²) in [5.41, 5.74) is -0.217. The summed E-state index contributed by atoms with van der Waals surface area (Å²) in [6.07, 6.45) is 2.21. The minimum Gasteiger partial charge on any atom is -0.493 e. The summed E-state index contributed by atoms with van der Waals surface area (Å²) in [7, 11) is 0.466. The predicted octanol–water partition coefficient (Wildman–Crippen LogP) is 3.10. The average molecular weight is 565 g/mol. The number of hydrogen-bond donors (Lipinski definition) is 1. The highest BCUT2D eigenvalue weighted by molar-refractivity contribution is 7.89. The van der Waals surface area contributed by atoms with Crippen LogP contribution in [0.15, 0.2) is 28.2 Å². The lowest BCUT2D eigenvalue weighted by atomic mass is 9.94. The van der Waals surface area contributed by atoms with Gasteiger partial charge in [0.25, 0.3) is 5.56 Å². The van der Waals surface area contributed by atoms with Gasteiger partial charge in [-0.3, -0.25) is 14.2 Å². The van der Waals surface area contributed by atoms with Crippen molar-refractivity contribution in [2.45, 2.75) is 38.6 Å². The first-order chi connectivity index (χ1) is 18.0. The number of nitrogens with one attached hydrogen (secondary N) is 1. The number of fused-ring (bicyclic) bond motifs is 1. The number of carbonyl (C=O) groups is 1. The molecule has 1 amide bonds. The zero-order chi connectivity index (χ0) is 27.8. The molecule has 1 saturated heterocycles. The van der Waals surface area contributed by atoms with Gasteiger partial charge in [0.15, 0.2) is 11.5 Å². The highest BCUT2D eigenvalue weighted by Gasteiger charge is 2.36. The topological polar surface area (TPSA) is 129 Å². The Bertz CT molecular complexity index is 1500. The van der Waals surface area contributed by atoms with Crippen molar-refractivity contribution >= 4 is 43.2 Å². The van der Waals surface area contributed by atoms with Crippen molar-refractivity contribution in [3.8, 4) is 17.2 Å². The Morgan fingerprint density at radius 1 is 1.11 bits per heavy atom. The number of rotatable bonds is 8. The number of carbonyl (C=O) groups excluding carboxylic acids is 1. The fraction of sp³-hybridized carbons (Fsp3) is 0.480. The van der Waals surface area contributed by atoms with Crippen molar-refractivity contribution < 1.29 is 27.4 Å². The number of piperidine rings is 1. The summed E-state index contributed by atoms with van der Waals surface area (Å²) in [5, 5.41) is 2.73. The molecule has 4 rings (SSSR count). The first-order valence-corrected chi connectivity index (χ1v) is 14.3. The van der Waals surface area contributed by atoms with E-state index >= 15 is 0 Å². The Morgan fingerprint density at radius 2 is 1.71 bits per heavy atom. The van der Waals surface area contributed by atoms with E-state index in [0.717, 1.165) is 22.3 Å². The first kappa shape index (κ1) is 27.9. The van der Waals surface area contributed by atoms with Crippen molar-refractivity contribution in [2.24, 2.45) is 11.8 Å². The molecule has 0 radical (unpaired) electrons. The van der Waals surface area contributed by atoms with E-state index in [1.165, 1.54) is 32.0 Å². The molecule has 0 bridgehead atoms. The number of nitrogens with zero attached hydrogens (tertiary/aromatic N) is 3. The summed E-state index contributed by atoms with van der Waals surface area (Å²) < 4.78 is 45.9. The summed E-state index contributed by atoms with van der Waals surface area (Å²) in [4.78, 5) is 31.5. The van der Waals surface area contributed by atoms with Crippen LogP contribution in [-0.4, -0.2) is 62.6 Å². The second kappa shape index (κ2) is 10.9. The average Bonchev–Trinajstić information content (AvgIpc) is 3.21. The van der Waals surface area contributed by atoms with Crippen LogP contribution in [0.4, 0.5) is 5.69 Å². The van der Waals surface area contributed by atoms with Crippen molar-refractivity contribution in [3.63, 3.8) is 0 Å². The third kappa shape index (κ3) is 5.22. The standard InChI is InChI=1S/C25H32N4O7S2/c1-14-7-15(2)11-29(10-14)38(32,33)23-16(3)37-24-21(23)25(31)28(13-26-24)12-20(30)27-17-8-18(34-4)22(36-6)19(9-17)35-5/h8-9,13-15H,7,10-12H2,1-6H3,(H,27,30)/t14-,15-/m0/s1. The minimum atomic E-state index is -3.93. The van der Waals surface area contributed by atoms with Crippen LogP contribution >= 0.6 is 11.3 Å². The molecule has 1 fully saturated rings. The van der Waals surface area contributed by atoms with E-state index in [2.05, 4.69) is 10.3 Å². The monoisotopic (exact) mass is 564 g/mol. The molecule has 11 nitrogen and oxygen atoms in total. The Balaban J connectivity index is 1.67. The van der Waals surface area contributed by atoms with E-state index in [9.17, 15) is 18.0 Å². The van der Waals surface area contributed by atoms with Crippen LogP contribution in [0.25, 0.3) is 10.2 Å². The Labute approximate surface area is 225 Å². The van der Waals surface area contributed by atoms with E-state index in [4.69, 9.17) is 14.2 Å². The van der Waals surface area contributed by atoms with Gasteiger partial charge >= 0.3 is 0 Å². The van der Waals surface area contributed by atoms with E-state index in [-0.39, 0.29) is 28.7 Å². The number of amides is 1. The highest BCUT2D eigenvalue weighted by Crippen LogP contribution is 2.40. The number of benzene rings is 1. The quantitative estimate of drug-likeness (QED) is 0.442. The molecule has 1 aliphatic heterocycles. The second-order valence-electron chi connectivity index (χ2n) is 9.58. The number of anilines is 1. The molecule has 0 unspecified atom stereocenters. The Hall–Kier alpha value is -3.16. The molecule has 38 heavy (non-hydrogen) atoms. The molecule has 1 aliphatic rings. The molecule has 13 heteroatoms. The SMILES string of the molecule is COc1cc(NC(=O)Cn2cnc3sc(C)c(S(=O)(=O)N4C[C@@H](C)C[C@H](C)C4)c3c2=O)cc(OC)c1OC. The van der Waals surface area contributed by atoms with E-state index < -0.39 is 21.5 Å². The smallest absolute Gasteiger partial charge is 0.263 e. The second-order valence-corrected chi connectivity index (χ2v) is 12.7. The van der Waals surface area contributed by atoms with Gasteiger partial charge < -0.3 is 19.5 Å². The third-order valence-electron chi connectivity index (χ3n) is 6.50. The van der Waals surface area contributed by atoms with Gasteiger partial charge in [0, 0.05) is 35.8 Å². The normalized spacial score (nSPS) is 18.4. The van der Waals surface area contributed by atoms with Gasteiger partial charge in [-0.15, -0.1) is 11.3 Å². The summed E-state index contributed by atoms with van der Waals surface area (Å²) in [6, 6.07) is 3.13. The van der Waals surface area contributed by atoms with Gasteiger partial charge in [0.2, 0.25) is 21.7 Å². The fourth-order valence-corrected chi connectivity index (χ4v) is 8.32. The molecule has 0 saturated carbocycles. The molecular formula is C25H32N4O7S2. The number of aromatic nitrogens is 2. The molecule has 2 aromatic heterocycles. The number of aryl methyl sites for hydroxylation is 1. The van der Waals surface area contributed by atoms with Crippen LogP contribution < -0.4 is 25.1 Å². The first-order valence-electron chi connectivity index (χ1n) is 12.1. The molecular weight excluding hydrogens is 532 g/mol. The molecule has 2 atom stereocenters. The van der Waals surface area contributed by atoms with Crippen LogP contribution in [0.1, 0.15) is 25.1 Å². The lowest BCUT2D eigenvalue weighted by Gasteiger charge is -2.34. The molecule has 0 aliphatic carbocycles. The van der Waals surface area contributed by atoms with Crippen LogP contribution in [0.2, 0.25) is 0 Å². The van der Waals surface area contributed by atoms with Crippen molar-refractivity contribution in [1.82, 2.24) is 13.9 Å². The third-order valence-corrected chi connectivity index (χ3v) is 9.64. The van der Waals surface area contributed by atoms with Gasteiger partial charge in [-0.25, -0.2) is 13.4 Å². The summed E-state index contributed by atoms with van der Waals surface area (Å²) >= 11 is 1.16. The maximum absolute atomic E-state index is 13.7. The van der Waals surface area contributed by atoms with Crippen molar-refractivity contribution in [2.75, 3.05) is 39.7 Å². The van der Waals surface area contributed by atoms with E-state index in [1.807, 2.05) is 13.8 Å². The van der Waals surface area contributed by atoms with Crippen LogP contribution in [0.3, 0.4) is 0 Å². The Morgan fingerprint density at radius 3 is 2.26 bits per heavy atom. The number of methoxy groups -OCH3 is 3. The molecule has 1 N–H and O–H groups in total. The van der Waals surface area contributed by atoms with Gasteiger partial charge in [-0.1, -0.05) is 13.8 Å². The molecule has 206 valence electrons. The minimum absolute atomic E-state index is 0.0152. The zero-order valence-electron chi connectivity index (χ0n) is 22.2. The van der Waals surface area contributed by atoms with Crippen LogP contribution in [0.5, 0.6) is 17.2 Å². The van der Waals surface area contributed by atoms with E-state index in [1.54, 1.807) is 19.1 Å². The zero-order valence-corrected chi connectivity index (χ0v) is 23.9. The summed E-state index contributed by atoms with van der Waals surface area (Å²) in [5.74, 6) is 0.995. The number of sulfonamides is 1. The lowest BCUT2D eigenvalue weighted by Crippen LogP contribution is -2.42. The van der Waals surface area contributed by atoms with Gasteiger partial charge in [-0.05, 0) is 25.2 Å². The number of ether oxygens (including phenoxy) is 3. The number of thiophene rings is 1. The maximum atomic E-state index is 13.7. The van der Waals surface area contributed by atoms with Gasteiger partial charge in [0.1, 0.15) is 16.3 Å². The van der Waals surface area contributed by atoms with Crippen LogP contribution in [-0.2, 0) is 21.4 Å². The largest absolute Gasteiger partial charge is 0.493 e. The lowest BCUT2D eigenvalue weighted by molar-refractivity contribution is -0.116. The van der Waals surface area contributed by atoms with Crippen molar-refractivity contribution in [3.05, 3.63) is 33.7 Å². The highest BCUT2D eigenvalue weighted by atomic mass is 32.2. The Kier molecular flexibility index (Phi) is 8.00. The molecule has 0 spiro atoms. The molecule has 3 heterocycles. The van der Waals surface area contributed by atoms with Gasteiger partial charge in [-0.2, -0.15) is 4.31 Å². The van der Waals surface area contributed by atoms with Crippen LogP contribution in [0, 0.1) is 18.8 Å². The van der Waals surface area contributed by atoms with Crippen molar-refractivity contribution in [1.29, 1.82) is 0 Å². The predicted molar refractivity (Wildman–Crippen MR) is 145 cm³/mol. The van der Waals surface area contributed by atoms with E-state index in [0.29, 0.717) is 45.7 Å². The fourth-order valence-electron chi connectivity index (χ4n) is 4.98. The molecule has 3 aromatic rings. The van der Waals surface area contributed by atoms with Gasteiger partial charge in [0.05, 0.1) is 33.0 Å². The summed E-state index contributed by atoms with van der Waals surface area (Å²) in [6.45, 7) is 6.15. The maximum Gasteiger partial charge on any atom is 0.263 e.